The van der Waals surface area contributed by atoms with Crippen LogP contribution >= 0.6 is 0 Å². The molecule has 1 fully saturated rings. The molecule has 0 saturated carbocycles. The summed E-state index contributed by atoms with van der Waals surface area (Å²) < 4.78 is 4.98. The van der Waals surface area contributed by atoms with Gasteiger partial charge in [-0.25, -0.2) is 0 Å². The summed E-state index contributed by atoms with van der Waals surface area (Å²) in [7, 11) is 0. The summed E-state index contributed by atoms with van der Waals surface area (Å²) in [5, 5.41) is 0. The molecule has 0 aliphatic carbocycles. The quantitative estimate of drug-likeness (QED) is 0.480. The highest BCUT2D eigenvalue weighted by Crippen LogP contribution is 2.20. The first-order chi connectivity index (χ1) is 3.30. The summed E-state index contributed by atoms with van der Waals surface area (Å²) in [6, 6.07) is 0. The van der Waals surface area contributed by atoms with Crippen LogP contribution in [-0.4, -0.2) is 13.2 Å². The lowest BCUT2D eigenvalue weighted by molar-refractivity contribution is -0.0232. The third kappa shape index (κ3) is 0.942. The van der Waals surface area contributed by atoms with E-state index in [1.807, 2.05) is 0 Å². The van der Waals surface area contributed by atoms with Gasteiger partial charge in [0.15, 0.2) is 0 Å². The standard InChI is InChI=1S/C6H11O/c1-5(2)6-3-7-4-6/h6H,3-4H2,1-2H3. The molecule has 41 valence electrons. The fourth-order valence-electron chi connectivity index (χ4n) is 0.569. The first-order valence-corrected chi connectivity index (χ1v) is 2.68. The number of ether oxygens (including phenoxy) is 1. The maximum atomic E-state index is 4.98. The zero-order chi connectivity index (χ0) is 5.28. The number of hydrogen-bond donors (Lipinski definition) is 0. The topological polar surface area (TPSA) is 9.23 Å². The Balaban J connectivity index is 2.14. The Kier molecular flexibility index (Phi) is 1.33. The maximum absolute atomic E-state index is 4.98. The Labute approximate surface area is 44.7 Å². The predicted molar refractivity (Wildman–Crippen MR) is 28.9 cm³/mol. The lowest BCUT2D eigenvalue weighted by Gasteiger charge is -2.28. The van der Waals surface area contributed by atoms with E-state index < -0.39 is 0 Å². The van der Waals surface area contributed by atoms with Crippen molar-refractivity contribution < 1.29 is 4.74 Å². The molecular weight excluding hydrogens is 88.1 g/mol. The van der Waals surface area contributed by atoms with E-state index in [4.69, 9.17) is 4.74 Å². The van der Waals surface area contributed by atoms with E-state index in [1.54, 1.807) is 0 Å². The van der Waals surface area contributed by atoms with Gasteiger partial charge in [0.25, 0.3) is 0 Å². The van der Waals surface area contributed by atoms with Crippen molar-refractivity contribution in [3.63, 3.8) is 0 Å². The van der Waals surface area contributed by atoms with E-state index in [-0.39, 0.29) is 0 Å². The van der Waals surface area contributed by atoms with Crippen molar-refractivity contribution >= 4 is 0 Å². The van der Waals surface area contributed by atoms with E-state index >= 15 is 0 Å². The molecule has 1 radical (unpaired) electrons. The van der Waals surface area contributed by atoms with Crippen molar-refractivity contribution in [3.8, 4) is 0 Å². The first-order valence-electron chi connectivity index (χ1n) is 2.68. The minimum atomic E-state index is 0.778. The Bertz CT molecular complexity index is 55.2. The fourth-order valence-corrected chi connectivity index (χ4v) is 0.569. The largest absolute Gasteiger partial charge is 0.381 e. The molecular formula is C6H11O. The van der Waals surface area contributed by atoms with Gasteiger partial charge in [-0.15, -0.1) is 0 Å². The van der Waals surface area contributed by atoms with E-state index in [9.17, 15) is 0 Å². The molecule has 0 atom stereocenters. The lowest BCUT2D eigenvalue weighted by atomic mass is 9.95. The molecule has 1 saturated heterocycles. The molecule has 1 heteroatoms. The SMILES string of the molecule is C[C](C)C1COC1. The van der Waals surface area contributed by atoms with E-state index in [0.717, 1.165) is 19.1 Å². The highest BCUT2D eigenvalue weighted by molar-refractivity contribution is 4.90. The van der Waals surface area contributed by atoms with Crippen molar-refractivity contribution in [1.82, 2.24) is 0 Å². The first kappa shape index (κ1) is 5.10. The van der Waals surface area contributed by atoms with Crippen molar-refractivity contribution in [2.45, 2.75) is 13.8 Å². The fraction of sp³-hybridized carbons (Fsp3) is 0.833. The van der Waals surface area contributed by atoms with Crippen LogP contribution in [0.4, 0.5) is 0 Å². The molecule has 0 aromatic heterocycles. The average Bonchev–Trinajstić information content (AvgIpc) is 1.23. The van der Waals surface area contributed by atoms with Crippen LogP contribution in [0, 0.1) is 11.8 Å². The smallest absolute Gasteiger partial charge is 0.0521 e. The molecule has 1 nitrogen and oxygen atoms in total. The Hall–Kier alpha value is -0.0400. The maximum Gasteiger partial charge on any atom is 0.0521 e. The third-order valence-electron chi connectivity index (χ3n) is 1.45. The van der Waals surface area contributed by atoms with E-state index in [0.29, 0.717) is 0 Å². The van der Waals surface area contributed by atoms with E-state index in [1.165, 1.54) is 5.92 Å². The van der Waals surface area contributed by atoms with Crippen LogP contribution in [0.3, 0.4) is 0 Å². The van der Waals surface area contributed by atoms with Gasteiger partial charge in [0.2, 0.25) is 0 Å². The van der Waals surface area contributed by atoms with Gasteiger partial charge < -0.3 is 4.74 Å². The molecule has 1 aliphatic heterocycles. The lowest BCUT2D eigenvalue weighted by Crippen LogP contribution is -2.30. The molecule has 0 spiro atoms. The summed E-state index contributed by atoms with van der Waals surface area (Å²) in [6.07, 6.45) is 0. The van der Waals surface area contributed by atoms with Crippen LogP contribution in [0.1, 0.15) is 13.8 Å². The van der Waals surface area contributed by atoms with Gasteiger partial charge in [-0.05, 0) is 5.92 Å². The van der Waals surface area contributed by atoms with Crippen molar-refractivity contribution in [1.29, 1.82) is 0 Å². The van der Waals surface area contributed by atoms with Gasteiger partial charge in [-0.2, -0.15) is 0 Å². The minimum absolute atomic E-state index is 0.778. The summed E-state index contributed by atoms with van der Waals surface area (Å²) in [5.41, 5.74) is 0. The number of hydrogen-bond acceptors (Lipinski definition) is 1. The minimum Gasteiger partial charge on any atom is -0.381 e. The molecule has 0 aromatic carbocycles. The molecule has 1 aliphatic rings. The summed E-state index contributed by atoms with van der Waals surface area (Å²) in [5.74, 6) is 2.28. The molecule has 0 unspecified atom stereocenters. The van der Waals surface area contributed by atoms with Gasteiger partial charge in [0, 0.05) is 5.92 Å². The normalized spacial score (nSPS) is 22.7. The molecule has 1 heterocycles. The summed E-state index contributed by atoms with van der Waals surface area (Å²) >= 11 is 0. The highest BCUT2D eigenvalue weighted by atomic mass is 16.5. The molecule has 0 N–H and O–H groups in total. The second-order valence-electron chi connectivity index (χ2n) is 2.31. The Morgan fingerprint density at radius 2 is 2.00 bits per heavy atom. The second-order valence-corrected chi connectivity index (χ2v) is 2.31. The van der Waals surface area contributed by atoms with Crippen LogP contribution in [0.2, 0.25) is 0 Å². The zero-order valence-corrected chi connectivity index (χ0v) is 4.90. The predicted octanol–water partition coefficient (Wildman–Crippen LogP) is 1.25. The van der Waals surface area contributed by atoms with Crippen LogP contribution in [0.15, 0.2) is 0 Å². The summed E-state index contributed by atoms with van der Waals surface area (Å²) in [6.45, 7) is 6.24. The molecule has 0 bridgehead atoms. The van der Waals surface area contributed by atoms with E-state index in [2.05, 4.69) is 13.8 Å². The Morgan fingerprint density at radius 3 is 2.00 bits per heavy atom. The van der Waals surface area contributed by atoms with Crippen molar-refractivity contribution in [3.05, 3.63) is 5.92 Å². The monoisotopic (exact) mass is 99.1 g/mol. The summed E-state index contributed by atoms with van der Waals surface area (Å²) in [4.78, 5) is 0. The van der Waals surface area contributed by atoms with Crippen LogP contribution in [0.25, 0.3) is 0 Å². The van der Waals surface area contributed by atoms with Gasteiger partial charge in [-0.1, -0.05) is 13.8 Å². The van der Waals surface area contributed by atoms with Gasteiger partial charge in [0.1, 0.15) is 0 Å². The molecule has 0 aromatic rings. The zero-order valence-electron chi connectivity index (χ0n) is 4.90. The highest BCUT2D eigenvalue weighted by Gasteiger charge is 2.21. The average molecular weight is 99.2 g/mol. The third-order valence-corrected chi connectivity index (χ3v) is 1.45. The van der Waals surface area contributed by atoms with Gasteiger partial charge >= 0.3 is 0 Å². The number of rotatable bonds is 1. The molecule has 7 heavy (non-hydrogen) atoms. The Morgan fingerprint density at radius 1 is 1.43 bits per heavy atom. The van der Waals surface area contributed by atoms with Crippen LogP contribution in [-0.2, 0) is 4.74 Å². The molecule has 1 rings (SSSR count). The van der Waals surface area contributed by atoms with Crippen LogP contribution in [0.5, 0.6) is 0 Å². The molecule has 0 amide bonds. The van der Waals surface area contributed by atoms with Crippen molar-refractivity contribution in [2.75, 3.05) is 13.2 Å². The van der Waals surface area contributed by atoms with Crippen molar-refractivity contribution in [2.24, 2.45) is 5.92 Å². The second kappa shape index (κ2) is 1.83. The van der Waals surface area contributed by atoms with Gasteiger partial charge in [0.05, 0.1) is 13.2 Å². The van der Waals surface area contributed by atoms with Crippen LogP contribution < -0.4 is 0 Å². The van der Waals surface area contributed by atoms with Gasteiger partial charge in [-0.3, -0.25) is 0 Å².